The lowest BCUT2D eigenvalue weighted by atomic mass is 9.92. The van der Waals surface area contributed by atoms with E-state index in [1.54, 1.807) is 0 Å². The standard InChI is InChI=1S/C9H19NO/c1-7(2)10-8-5-3-4-6-9(8)11/h7-11H,3-6H2,1-2H3/t8?,9-/m0/s1. The van der Waals surface area contributed by atoms with Crippen molar-refractivity contribution in [3.63, 3.8) is 0 Å². The van der Waals surface area contributed by atoms with E-state index in [4.69, 9.17) is 0 Å². The average Bonchev–Trinajstić information content (AvgIpc) is 1.93. The van der Waals surface area contributed by atoms with Crippen LogP contribution >= 0.6 is 0 Å². The molecule has 0 spiro atoms. The van der Waals surface area contributed by atoms with Gasteiger partial charge in [0.2, 0.25) is 0 Å². The Morgan fingerprint density at radius 1 is 1.27 bits per heavy atom. The number of aliphatic hydroxyl groups is 1. The second kappa shape index (κ2) is 4.07. The van der Waals surface area contributed by atoms with E-state index in [0.29, 0.717) is 12.1 Å². The minimum absolute atomic E-state index is 0.105. The second-order valence-corrected chi connectivity index (χ2v) is 3.78. The summed E-state index contributed by atoms with van der Waals surface area (Å²) < 4.78 is 0. The SMILES string of the molecule is CC(C)NC1CCCC[C@@H]1O. The lowest BCUT2D eigenvalue weighted by molar-refractivity contribution is 0.0871. The molecule has 1 aliphatic carbocycles. The summed E-state index contributed by atoms with van der Waals surface area (Å²) >= 11 is 0. The van der Waals surface area contributed by atoms with Crippen LogP contribution in [0.3, 0.4) is 0 Å². The molecule has 0 radical (unpaired) electrons. The molecule has 2 nitrogen and oxygen atoms in total. The van der Waals surface area contributed by atoms with Crippen molar-refractivity contribution in [2.75, 3.05) is 0 Å². The molecule has 1 unspecified atom stereocenters. The summed E-state index contributed by atoms with van der Waals surface area (Å²) in [5, 5.41) is 12.9. The summed E-state index contributed by atoms with van der Waals surface area (Å²) in [6.07, 6.45) is 4.47. The Balaban J connectivity index is 2.29. The Labute approximate surface area is 69.0 Å². The van der Waals surface area contributed by atoms with Gasteiger partial charge in [0.15, 0.2) is 0 Å². The van der Waals surface area contributed by atoms with E-state index in [9.17, 15) is 5.11 Å². The molecule has 0 aromatic carbocycles. The van der Waals surface area contributed by atoms with Crippen LogP contribution in [0, 0.1) is 0 Å². The highest BCUT2D eigenvalue weighted by Crippen LogP contribution is 2.18. The molecule has 0 bridgehead atoms. The van der Waals surface area contributed by atoms with Crippen molar-refractivity contribution in [1.82, 2.24) is 5.32 Å². The predicted octanol–water partition coefficient (Wildman–Crippen LogP) is 1.29. The fraction of sp³-hybridized carbons (Fsp3) is 1.00. The van der Waals surface area contributed by atoms with Crippen LogP contribution in [-0.4, -0.2) is 23.3 Å². The van der Waals surface area contributed by atoms with Crippen LogP contribution < -0.4 is 5.32 Å². The Kier molecular flexibility index (Phi) is 3.34. The largest absolute Gasteiger partial charge is 0.392 e. The maximum absolute atomic E-state index is 9.56. The first-order valence-corrected chi connectivity index (χ1v) is 4.64. The molecule has 2 heteroatoms. The van der Waals surface area contributed by atoms with Gasteiger partial charge in [-0.3, -0.25) is 0 Å². The molecule has 0 heterocycles. The topological polar surface area (TPSA) is 32.3 Å². The maximum Gasteiger partial charge on any atom is 0.0693 e. The highest BCUT2D eigenvalue weighted by molar-refractivity contribution is 4.81. The molecule has 0 aromatic heterocycles. The molecule has 0 aromatic rings. The monoisotopic (exact) mass is 157 g/mol. The van der Waals surface area contributed by atoms with Gasteiger partial charge in [0, 0.05) is 12.1 Å². The van der Waals surface area contributed by atoms with Crippen LogP contribution in [0.4, 0.5) is 0 Å². The number of rotatable bonds is 2. The normalized spacial score (nSPS) is 32.7. The van der Waals surface area contributed by atoms with Gasteiger partial charge in [-0.15, -0.1) is 0 Å². The molecule has 66 valence electrons. The van der Waals surface area contributed by atoms with Crippen LogP contribution in [0.5, 0.6) is 0 Å². The minimum Gasteiger partial charge on any atom is -0.392 e. The van der Waals surface area contributed by atoms with Crippen LogP contribution in [0.15, 0.2) is 0 Å². The van der Waals surface area contributed by atoms with E-state index in [-0.39, 0.29) is 6.10 Å². The maximum atomic E-state index is 9.56. The summed E-state index contributed by atoms with van der Waals surface area (Å²) in [5.41, 5.74) is 0. The summed E-state index contributed by atoms with van der Waals surface area (Å²) in [4.78, 5) is 0. The van der Waals surface area contributed by atoms with Gasteiger partial charge >= 0.3 is 0 Å². The lowest BCUT2D eigenvalue weighted by Crippen LogP contribution is -2.45. The van der Waals surface area contributed by atoms with Crippen molar-refractivity contribution in [2.24, 2.45) is 0 Å². The molecule has 2 N–H and O–H groups in total. The van der Waals surface area contributed by atoms with Crippen LogP contribution in [0.1, 0.15) is 39.5 Å². The van der Waals surface area contributed by atoms with Gasteiger partial charge in [-0.05, 0) is 12.8 Å². The van der Waals surface area contributed by atoms with E-state index in [1.807, 2.05) is 0 Å². The van der Waals surface area contributed by atoms with Crippen LogP contribution in [0.2, 0.25) is 0 Å². The third kappa shape index (κ3) is 2.80. The molecule has 1 aliphatic rings. The zero-order valence-electron chi connectivity index (χ0n) is 7.51. The Morgan fingerprint density at radius 2 is 1.91 bits per heavy atom. The van der Waals surface area contributed by atoms with Gasteiger partial charge in [0.05, 0.1) is 6.10 Å². The quantitative estimate of drug-likeness (QED) is 0.633. The molecule has 0 amide bonds. The van der Waals surface area contributed by atoms with Gasteiger partial charge in [0.25, 0.3) is 0 Å². The average molecular weight is 157 g/mol. The molecule has 1 saturated carbocycles. The third-order valence-corrected chi connectivity index (χ3v) is 2.28. The Bertz CT molecular complexity index is 114. The highest BCUT2D eigenvalue weighted by atomic mass is 16.3. The first-order valence-electron chi connectivity index (χ1n) is 4.64. The van der Waals surface area contributed by atoms with Crippen molar-refractivity contribution < 1.29 is 5.11 Å². The smallest absolute Gasteiger partial charge is 0.0693 e. The molecular weight excluding hydrogens is 138 g/mol. The molecule has 1 rings (SSSR count). The lowest BCUT2D eigenvalue weighted by Gasteiger charge is -2.30. The Hall–Kier alpha value is -0.0800. The zero-order valence-corrected chi connectivity index (χ0v) is 7.51. The summed E-state index contributed by atoms with van der Waals surface area (Å²) in [5.74, 6) is 0. The van der Waals surface area contributed by atoms with E-state index in [1.165, 1.54) is 12.8 Å². The third-order valence-electron chi connectivity index (χ3n) is 2.28. The van der Waals surface area contributed by atoms with Crippen molar-refractivity contribution in [3.05, 3.63) is 0 Å². The van der Waals surface area contributed by atoms with E-state index in [0.717, 1.165) is 12.8 Å². The summed E-state index contributed by atoms with van der Waals surface area (Å²) in [6.45, 7) is 4.25. The summed E-state index contributed by atoms with van der Waals surface area (Å²) in [6, 6.07) is 0.844. The molecule has 0 saturated heterocycles. The van der Waals surface area contributed by atoms with Gasteiger partial charge in [-0.2, -0.15) is 0 Å². The van der Waals surface area contributed by atoms with Crippen molar-refractivity contribution in [3.8, 4) is 0 Å². The first-order chi connectivity index (χ1) is 5.20. The van der Waals surface area contributed by atoms with Crippen LogP contribution in [-0.2, 0) is 0 Å². The molecule has 0 aliphatic heterocycles. The van der Waals surface area contributed by atoms with Gasteiger partial charge < -0.3 is 10.4 Å². The molecule has 1 fully saturated rings. The molecule has 2 atom stereocenters. The van der Waals surface area contributed by atoms with Crippen molar-refractivity contribution in [1.29, 1.82) is 0 Å². The fourth-order valence-corrected chi connectivity index (χ4v) is 1.73. The van der Waals surface area contributed by atoms with E-state index in [2.05, 4.69) is 19.2 Å². The highest BCUT2D eigenvalue weighted by Gasteiger charge is 2.22. The minimum atomic E-state index is -0.105. The van der Waals surface area contributed by atoms with Gasteiger partial charge in [-0.1, -0.05) is 26.7 Å². The predicted molar refractivity (Wildman–Crippen MR) is 46.5 cm³/mol. The fourth-order valence-electron chi connectivity index (χ4n) is 1.73. The number of hydrogen-bond donors (Lipinski definition) is 2. The number of nitrogens with one attached hydrogen (secondary N) is 1. The van der Waals surface area contributed by atoms with Gasteiger partial charge in [0.1, 0.15) is 0 Å². The molecular formula is C9H19NO. The number of hydrogen-bond acceptors (Lipinski definition) is 2. The Morgan fingerprint density at radius 3 is 2.45 bits per heavy atom. The first kappa shape index (κ1) is 9.01. The van der Waals surface area contributed by atoms with Crippen LogP contribution in [0.25, 0.3) is 0 Å². The van der Waals surface area contributed by atoms with Gasteiger partial charge in [-0.25, -0.2) is 0 Å². The van der Waals surface area contributed by atoms with Crippen molar-refractivity contribution in [2.45, 2.75) is 57.7 Å². The van der Waals surface area contributed by atoms with E-state index < -0.39 is 0 Å². The zero-order chi connectivity index (χ0) is 8.27. The summed E-state index contributed by atoms with van der Waals surface area (Å²) in [7, 11) is 0. The van der Waals surface area contributed by atoms with Crippen molar-refractivity contribution >= 4 is 0 Å². The van der Waals surface area contributed by atoms with E-state index >= 15 is 0 Å². The molecule has 11 heavy (non-hydrogen) atoms. The number of aliphatic hydroxyl groups excluding tert-OH is 1. The second-order valence-electron chi connectivity index (χ2n) is 3.78.